The average molecular weight is 311 g/mol. The van der Waals surface area contributed by atoms with Crippen LogP contribution in [0.1, 0.15) is 11.1 Å². The van der Waals surface area contributed by atoms with Crippen LogP contribution in [0.25, 0.3) is 0 Å². The molecule has 2 rings (SSSR count). The standard InChI is InChI=1S/C14H12BrFO2/c1-9-2-13(17)7-14(3-9)18-8-10-4-11(15)6-12(16)5-10/h2-7,17H,8H2,1H3. The Morgan fingerprint density at radius 3 is 2.61 bits per heavy atom. The summed E-state index contributed by atoms with van der Waals surface area (Å²) in [5, 5.41) is 9.43. The van der Waals surface area contributed by atoms with Crippen molar-refractivity contribution in [2.45, 2.75) is 13.5 Å². The van der Waals surface area contributed by atoms with Gasteiger partial charge >= 0.3 is 0 Å². The number of hydrogen-bond donors (Lipinski definition) is 1. The molecule has 0 saturated carbocycles. The van der Waals surface area contributed by atoms with Crippen LogP contribution in [-0.4, -0.2) is 5.11 Å². The Morgan fingerprint density at radius 2 is 1.94 bits per heavy atom. The highest BCUT2D eigenvalue weighted by atomic mass is 79.9. The Labute approximate surface area is 113 Å². The van der Waals surface area contributed by atoms with Crippen LogP contribution in [0.15, 0.2) is 40.9 Å². The zero-order chi connectivity index (χ0) is 13.1. The molecule has 0 unspecified atom stereocenters. The largest absolute Gasteiger partial charge is 0.508 e. The van der Waals surface area contributed by atoms with Gasteiger partial charge in [0.2, 0.25) is 0 Å². The molecule has 0 aromatic heterocycles. The van der Waals surface area contributed by atoms with Crippen molar-refractivity contribution in [3.05, 3.63) is 57.8 Å². The van der Waals surface area contributed by atoms with Crippen LogP contribution in [0.5, 0.6) is 11.5 Å². The van der Waals surface area contributed by atoms with Gasteiger partial charge in [0.05, 0.1) is 0 Å². The van der Waals surface area contributed by atoms with Gasteiger partial charge in [-0.15, -0.1) is 0 Å². The van der Waals surface area contributed by atoms with Crippen LogP contribution in [0.4, 0.5) is 4.39 Å². The molecule has 94 valence electrons. The summed E-state index contributed by atoms with van der Waals surface area (Å²) < 4.78 is 19.3. The number of ether oxygens (including phenoxy) is 1. The molecule has 0 heterocycles. The molecule has 4 heteroatoms. The summed E-state index contributed by atoms with van der Waals surface area (Å²) in [5.41, 5.74) is 1.63. The van der Waals surface area contributed by atoms with Crippen molar-refractivity contribution in [2.24, 2.45) is 0 Å². The quantitative estimate of drug-likeness (QED) is 0.921. The molecule has 0 spiro atoms. The van der Waals surface area contributed by atoms with Gasteiger partial charge in [-0.3, -0.25) is 0 Å². The fraction of sp³-hybridized carbons (Fsp3) is 0.143. The maximum absolute atomic E-state index is 13.2. The highest BCUT2D eigenvalue weighted by Crippen LogP contribution is 2.23. The maximum Gasteiger partial charge on any atom is 0.124 e. The van der Waals surface area contributed by atoms with Gasteiger partial charge in [-0.2, -0.15) is 0 Å². The first-order valence-corrected chi connectivity index (χ1v) is 6.21. The highest BCUT2D eigenvalue weighted by molar-refractivity contribution is 9.10. The van der Waals surface area contributed by atoms with E-state index in [1.54, 1.807) is 12.1 Å². The van der Waals surface area contributed by atoms with Crippen LogP contribution in [0.3, 0.4) is 0 Å². The lowest BCUT2D eigenvalue weighted by Crippen LogP contribution is -1.96. The number of rotatable bonds is 3. The number of aromatic hydroxyl groups is 1. The van der Waals surface area contributed by atoms with Gasteiger partial charge in [-0.25, -0.2) is 4.39 Å². The van der Waals surface area contributed by atoms with E-state index in [2.05, 4.69) is 15.9 Å². The molecular weight excluding hydrogens is 299 g/mol. The Kier molecular flexibility index (Phi) is 3.87. The fourth-order valence-corrected chi connectivity index (χ4v) is 2.19. The Balaban J connectivity index is 2.11. The first-order valence-electron chi connectivity index (χ1n) is 5.41. The second kappa shape index (κ2) is 5.40. The molecule has 1 N–H and O–H groups in total. The van der Waals surface area contributed by atoms with Gasteiger partial charge in [-0.1, -0.05) is 15.9 Å². The third-order valence-corrected chi connectivity index (χ3v) is 2.82. The number of phenolic OH excluding ortho intramolecular Hbond substituents is 1. The van der Waals surface area contributed by atoms with E-state index in [9.17, 15) is 9.50 Å². The van der Waals surface area contributed by atoms with Gasteiger partial charge in [0.15, 0.2) is 0 Å². The van der Waals surface area contributed by atoms with Crippen molar-refractivity contribution in [3.8, 4) is 11.5 Å². The molecule has 2 aromatic rings. The smallest absolute Gasteiger partial charge is 0.124 e. The lowest BCUT2D eigenvalue weighted by atomic mass is 10.2. The Morgan fingerprint density at radius 1 is 1.17 bits per heavy atom. The van der Waals surface area contributed by atoms with Crippen LogP contribution in [-0.2, 0) is 6.61 Å². The molecule has 0 fully saturated rings. The van der Waals surface area contributed by atoms with E-state index in [4.69, 9.17) is 4.74 Å². The van der Waals surface area contributed by atoms with Crippen molar-refractivity contribution >= 4 is 15.9 Å². The van der Waals surface area contributed by atoms with Crippen molar-refractivity contribution < 1.29 is 14.2 Å². The molecule has 0 radical (unpaired) electrons. The van der Waals surface area contributed by atoms with Crippen molar-refractivity contribution in [2.75, 3.05) is 0 Å². The summed E-state index contributed by atoms with van der Waals surface area (Å²) in [7, 11) is 0. The van der Waals surface area contributed by atoms with Gasteiger partial charge in [0.25, 0.3) is 0 Å². The molecule has 0 atom stereocenters. The molecule has 2 nitrogen and oxygen atoms in total. The van der Waals surface area contributed by atoms with Gasteiger partial charge in [0, 0.05) is 10.5 Å². The molecule has 0 aliphatic rings. The molecule has 2 aromatic carbocycles. The Hall–Kier alpha value is -1.55. The summed E-state index contributed by atoms with van der Waals surface area (Å²) in [4.78, 5) is 0. The number of aryl methyl sites for hydroxylation is 1. The molecular formula is C14H12BrFO2. The van der Waals surface area contributed by atoms with Gasteiger partial charge in [0.1, 0.15) is 23.9 Å². The lowest BCUT2D eigenvalue weighted by Gasteiger charge is -2.08. The first kappa shape index (κ1) is 12.9. The summed E-state index contributed by atoms with van der Waals surface area (Å²) in [6, 6.07) is 9.59. The molecule has 0 aliphatic heterocycles. The van der Waals surface area contributed by atoms with Crippen molar-refractivity contribution in [1.82, 2.24) is 0 Å². The number of phenols is 1. The topological polar surface area (TPSA) is 29.5 Å². The predicted molar refractivity (Wildman–Crippen MR) is 71.3 cm³/mol. The van der Waals surface area contributed by atoms with E-state index >= 15 is 0 Å². The Bertz CT molecular complexity index is 478. The molecule has 0 aliphatic carbocycles. The third kappa shape index (κ3) is 3.47. The van der Waals surface area contributed by atoms with Gasteiger partial charge in [-0.05, 0) is 48.4 Å². The molecule has 0 saturated heterocycles. The minimum absolute atomic E-state index is 0.158. The number of halogens is 2. The molecule has 0 amide bonds. The average Bonchev–Trinajstić information content (AvgIpc) is 2.23. The SMILES string of the molecule is Cc1cc(O)cc(OCc2cc(F)cc(Br)c2)c1. The maximum atomic E-state index is 13.2. The van der Waals surface area contributed by atoms with E-state index in [0.717, 1.165) is 11.1 Å². The number of benzene rings is 2. The highest BCUT2D eigenvalue weighted by Gasteiger charge is 2.02. The van der Waals surface area contributed by atoms with E-state index in [1.165, 1.54) is 18.2 Å². The predicted octanol–water partition coefficient (Wildman–Crippen LogP) is 4.18. The molecule has 0 bridgehead atoms. The van der Waals surface area contributed by atoms with Crippen molar-refractivity contribution in [3.63, 3.8) is 0 Å². The zero-order valence-electron chi connectivity index (χ0n) is 9.78. The summed E-state index contributed by atoms with van der Waals surface area (Å²) in [5.74, 6) is 0.411. The van der Waals surface area contributed by atoms with E-state index in [1.807, 2.05) is 13.0 Å². The minimum Gasteiger partial charge on any atom is -0.508 e. The fourth-order valence-electron chi connectivity index (χ4n) is 1.67. The van der Waals surface area contributed by atoms with Crippen molar-refractivity contribution in [1.29, 1.82) is 0 Å². The van der Waals surface area contributed by atoms with Crippen LogP contribution in [0, 0.1) is 12.7 Å². The van der Waals surface area contributed by atoms with Crippen LogP contribution in [0.2, 0.25) is 0 Å². The summed E-state index contributed by atoms with van der Waals surface area (Å²) in [6.45, 7) is 2.12. The summed E-state index contributed by atoms with van der Waals surface area (Å²) >= 11 is 3.23. The second-order valence-corrected chi connectivity index (χ2v) is 4.99. The van der Waals surface area contributed by atoms with Crippen LogP contribution < -0.4 is 4.74 Å². The second-order valence-electron chi connectivity index (χ2n) is 4.07. The van der Waals surface area contributed by atoms with E-state index in [0.29, 0.717) is 10.2 Å². The first-order chi connectivity index (χ1) is 8.52. The van der Waals surface area contributed by atoms with E-state index < -0.39 is 0 Å². The number of hydrogen-bond acceptors (Lipinski definition) is 2. The normalized spacial score (nSPS) is 10.4. The zero-order valence-corrected chi connectivity index (χ0v) is 11.4. The monoisotopic (exact) mass is 310 g/mol. The van der Waals surface area contributed by atoms with Crippen LogP contribution >= 0.6 is 15.9 Å². The lowest BCUT2D eigenvalue weighted by molar-refractivity contribution is 0.303. The third-order valence-electron chi connectivity index (χ3n) is 2.36. The van der Waals surface area contributed by atoms with Gasteiger partial charge < -0.3 is 9.84 Å². The van der Waals surface area contributed by atoms with E-state index in [-0.39, 0.29) is 18.2 Å². The molecule has 18 heavy (non-hydrogen) atoms. The minimum atomic E-state index is -0.310. The summed E-state index contributed by atoms with van der Waals surface area (Å²) in [6.07, 6.45) is 0.